The first-order valence-corrected chi connectivity index (χ1v) is 3.11. The number of nitrogens with zero attached hydrogens (tertiary/aromatic N) is 2. The number of ether oxygens (including phenoxy) is 1. The lowest BCUT2D eigenvalue weighted by atomic mass is 10.0. The molecule has 1 fully saturated rings. The van der Waals surface area contributed by atoms with Crippen LogP contribution in [0.1, 0.15) is 6.42 Å². The van der Waals surface area contributed by atoms with E-state index in [2.05, 4.69) is 10.2 Å². The molecule has 4 heteroatoms. The predicted molar refractivity (Wildman–Crippen MR) is 31.0 cm³/mol. The lowest BCUT2D eigenvalue weighted by Gasteiger charge is -2.23. The van der Waals surface area contributed by atoms with Gasteiger partial charge in [0.2, 0.25) is 5.66 Å². The molecule has 0 aromatic rings. The molecule has 1 atom stereocenters. The Balaban J connectivity index is 2.04. The van der Waals surface area contributed by atoms with Gasteiger partial charge in [-0.3, -0.25) is 0 Å². The van der Waals surface area contributed by atoms with Crippen molar-refractivity contribution in [3.8, 4) is 0 Å². The number of nitrogens with two attached hydrogens (primary N) is 1. The van der Waals surface area contributed by atoms with Crippen LogP contribution in [0.5, 0.6) is 0 Å². The Bertz CT molecular complexity index is 150. The van der Waals surface area contributed by atoms with E-state index in [1.807, 2.05) is 0 Å². The van der Waals surface area contributed by atoms with Crippen LogP contribution >= 0.6 is 0 Å². The Kier molecular flexibility index (Phi) is 0.896. The molecule has 1 unspecified atom stereocenters. The van der Waals surface area contributed by atoms with E-state index in [-0.39, 0.29) is 11.7 Å². The minimum atomic E-state index is -0.210. The molecule has 0 aromatic heterocycles. The van der Waals surface area contributed by atoms with Crippen LogP contribution in [0, 0.1) is 0 Å². The van der Waals surface area contributed by atoms with Gasteiger partial charge in [-0.1, -0.05) is 0 Å². The predicted octanol–water partition coefficient (Wildman–Crippen LogP) is -0.104. The van der Waals surface area contributed by atoms with Crippen LogP contribution in [0.15, 0.2) is 10.2 Å². The molecule has 2 N–H and O–H groups in total. The first kappa shape index (κ1) is 5.32. The van der Waals surface area contributed by atoms with Gasteiger partial charge < -0.3 is 10.5 Å². The van der Waals surface area contributed by atoms with Crippen molar-refractivity contribution in [3.63, 3.8) is 0 Å². The molecule has 2 aliphatic heterocycles. The zero-order valence-corrected chi connectivity index (χ0v) is 5.08. The van der Waals surface area contributed by atoms with Crippen molar-refractivity contribution in [1.82, 2.24) is 0 Å². The summed E-state index contributed by atoms with van der Waals surface area (Å²) < 4.78 is 5.11. The Morgan fingerprint density at radius 3 is 2.78 bits per heavy atom. The van der Waals surface area contributed by atoms with Crippen LogP contribution in [0.4, 0.5) is 0 Å². The maximum Gasteiger partial charge on any atom is 0.210 e. The molecule has 9 heavy (non-hydrogen) atoms. The third-order valence-electron chi connectivity index (χ3n) is 1.86. The Morgan fingerprint density at radius 1 is 1.56 bits per heavy atom. The molecule has 2 aliphatic rings. The average Bonchev–Trinajstić information content (AvgIpc) is 2.60. The van der Waals surface area contributed by atoms with Crippen LogP contribution < -0.4 is 5.73 Å². The van der Waals surface area contributed by atoms with Gasteiger partial charge in [-0.15, -0.1) is 0 Å². The maximum absolute atomic E-state index is 5.66. The highest BCUT2D eigenvalue weighted by molar-refractivity contribution is 5.03. The molecule has 0 radical (unpaired) electrons. The summed E-state index contributed by atoms with van der Waals surface area (Å²) in [6, 6.07) is 0.00579. The number of hydrogen-bond acceptors (Lipinski definition) is 4. The van der Waals surface area contributed by atoms with Crippen molar-refractivity contribution in [1.29, 1.82) is 0 Å². The van der Waals surface area contributed by atoms with E-state index in [0.717, 1.165) is 13.0 Å². The van der Waals surface area contributed by atoms with Gasteiger partial charge >= 0.3 is 0 Å². The lowest BCUT2D eigenvalue weighted by molar-refractivity contribution is 0.0588. The van der Waals surface area contributed by atoms with Gasteiger partial charge in [-0.2, -0.15) is 10.2 Å². The summed E-state index contributed by atoms with van der Waals surface area (Å²) in [6.45, 7) is 1.35. The Hall–Kier alpha value is -0.480. The van der Waals surface area contributed by atoms with E-state index < -0.39 is 0 Å². The van der Waals surface area contributed by atoms with E-state index in [1.165, 1.54) is 0 Å². The van der Waals surface area contributed by atoms with Gasteiger partial charge in [0.25, 0.3) is 0 Å². The van der Waals surface area contributed by atoms with Crippen LogP contribution in [-0.4, -0.2) is 24.9 Å². The molecule has 1 saturated heterocycles. The highest BCUT2D eigenvalue weighted by Gasteiger charge is 2.48. The molecule has 0 amide bonds. The normalized spacial score (nSPS) is 37.2. The zero-order valence-electron chi connectivity index (χ0n) is 5.08. The average molecular weight is 127 g/mol. The van der Waals surface area contributed by atoms with Crippen LogP contribution in [0.25, 0.3) is 0 Å². The van der Waals surface area contributed by atoms with E-state index in [9.17, 15) is 0 Å². The molecule has 0 saturated carbocycles. The summed E-state index contributed by atoms with van der Waals surface area (Å²) in [5, 5.41) is 7.79. The fourth-order valence-corrected chi connectivity index (χ4v) is 1.06. The largest absolute Gasteiger partial charge is 0.379 e. The third kappa shape index (κ3) is 0.668. The van der Waals surface area contributed by atoms with Gasteiger partial charge in [-0.05, 0) is 0 Å². The second-order valence-corrected chi connectivity index (χ2v) is 2.51. The standard InChI is InChI=1S/C5H9N3O/c6-4-3-9-2-1-5(4)7-8-5/h4H,1-3,6H2. The minimum Gasteiger partial charge on any atom is -0.379 e. The summed E-state index contributed by atoms with van der Waals surface area (Å²) in [5.41, 5.74) is 5.45. The van der Waals surface area contributed by atoms with E-state index in [0.29, 0.717) is 6.61 Å². The van der Waals surface area contributed by atoms with E-state index in [1.54, 1.807) is 0 Å². The van der Waals surface area contributed by atoms with Gasteiger partial charge in [0.15, 0.2) is 0 Å². The van der Waals surface area contributed by atoms with E-state index in [4.69, 9.17) is 10.5 Å². The van der Waals surface area contributed by atoms with Gasteiger partial charge in [0, 0.05) is 6.42 Å². The van der Waals surface area contributed by atoms with Crippen molar-refractivity contribution < 1.29 is 4.74 Å². The molecule has 4 nitrogen and oxygen atoms in total. The summed E-state index contributed by atoms with van der Waals surface area (Å²) >= 11 is 0. The fourth-order valence-electron chi connectivity index (χ4n) is 1.06. The van der Waals surface area contributed by atoms with Gasteiger partial charge in [0.1, 0.15) is 0 Å². The fraction of sp³-hybridized carbons (Fsp3) is 1.00. The van der Waals surface area contributed by atoms with Crippen molar-refractivity contribution in [2.45, 2.75) is 18.1 Å². The highest BCUT2D eigenvalue weighted by atomic mass is 16.5. The van der Waals surface area contributed by atoms with Crippen molar-refractivity contribution >= 4 is 0 Å². The molecular weight excluding hydrogens is 118 g/mol. The number of hydrogen-bond donors (Lipinski definition) is 1. The third-order valence-corrected chi connectivity index (χ3v) is 1.86. The Labute approximate surface area is 53.1 Å². The van der Waals surface area contributed by atoms with Crippen LogP contribution in [-0.2, 0) is 4.74 Å². The highest BCUT2D eigenvalue weighted by Crippen LogP contribution is 2.36. The van der Waals surface area contributed by atoms with Crippen LogP contribution in [0.2, 0.25) is 0 Å². The van der Waals surface area contributed by atoms with Crippen LogP contribution in [0.3, 0.4) is 0 Å². The van der Waals surface area contributed by atoms with Crippen molar-refractivity contribution in [2.75, 3.05) is 13.2 Å². The molecule has 1 spiro atoms. The first-order chi connectivity index (χ1) is 4.33. The summed E-state index contributed by atoms with van der Waals surface area (Å²) in [4.78, 5) is 0. The molecule has 2 heterocycles. The quantitative estimate of drug-likeness (QED) is 0.493. The van der Waals surface area contributed by atoms with Crippen molar-refractivity contribution in [2.24, 2.45) is 16.0 Å². The van der Waals surface area contributed by atoms with Crippen molar-refractivity contribution in [3.05, 3.63) is 0 Å². The summed E-state index contributed by atoms with van der Waals surface area (Å²) in [7, 11) is 0. The lowest BCUT2D eigenvalue weighted by Crippen LogP contribution is -2.46. The molecular formula is C5H9N3O. The summed E-state index contributed by atoms with van der Waals surface area (Å²) in [6.07, 6.45) is 0.869. The first-order valence-electron chi connectivity index (χ1n) is 3.11. The minimum absolute atomic E-state index is 0.00579. The maximum atomic E-state index is 5.66. The second kappa shape index (κ2) is 1.52. The molecule has 50 valence electrons. The molecule has 2 rings (SSSR count). The monoisotopic (exact) mass is 127 g/mol. The topological polar surface area (TPSA) is 60.0 Å². The van der Waals surface area contributed by atoms with Gasteiger partial charge in [0.05, 0.1) is 19.3 Å². The molecule has 0 aliphatic carbocycles. The second-order valence-electron chi connectivity index (χ2n) is 2.51. The summed E-state index contributed by atoms with van der Waals surface area (Å²) in [5.74, 6) is 0. The zero-order chi connectivity index (χ0) is 6.32. The van der Waals surface area contributed by atoms with E-state index >= 15 is 0 Å². The number of rotatable bonds is 0. The molecule has 0 aromatic carbocycles. The smallest absolute Gasteiger partial charge is 0.210 e. The Morgan fingerprint density at radius 2 is 2.33 bits per heavy atom. The van der Waals surface area contributed by atoms with Gasteiger partial charge in [-0.25, -0.2) is 0 Å². The SMILES string of the molecule is NC1COCCC12N=N2. The molecule has 0 bridgehead atoms.